The Morgan fingerprint density at radius 2 is 1.67 bits per heavy atom. The number of urea groups is 1. The topological polar surface area (TPSA) is 26.8 Å². The van der Waals surface area contributed by atoms with Gasteiger partial charge in [-0.05, 0) is 31.4 Å². The van der Waals surface area contributed by atoms with Gasteiger partial charge in [0.1, 0.15) is 0 Å². The first-order chi connectivity index (χ1) is 8.35. The van der Waals surface area contributed by atoms with Crippen molar-refractivity contribution in [2.75, 3.05) is 40.3 Å². The summed E-state index contributed by atoms with van der Waals surface area (Å²) in [4.78, 5) is 18.1. The second-order valence-corrected chi connectivity index (χ2v) is 6.26. The molecule has 0 saturated heterocycles. The summed E-state index contributed by atoms with van der Waals surface area (Å²) in [6, 6.07) is 0.130. The van der Waals surface area contributed by atoms with Gasteiger partial charge in [-0.2, -0.15) is 0 Å². The first-order valence-electron chi connectivity index (χ1n) is 6.76. The van der Waals surface area contributed by atoms with Gasteiger partial charge >= 0.3 is 6.03 Å². The maximum Gasteiger partial charge on any atom is 0.320 e. The molecule has 0 radical (unpaired) electrons. The number of carbonyl (C=O) groups is 1. The highest BCUT2D eigenvalue weighted by atomic mass is 16.2. The number of carbonyl (C=O) groups excluding carboxylic acids is 1. The van der Waals surface area contributed by atoms with Gasteiger partial charge in [0.2, 0.25) is 0 Å². The van der Waals surface area contributed by atoms with Crippen molar-refractivity contribution in [2.24, 2.45) is 0 Å². The first kappa shape index (κ1) is 13.4. The predicted molar refractivity (Wildman–Crippen MR) is 73.6 cm³/mol. The quantitative estimate of drug-likeness (QED) is 0.700. The van der Waals surface area contributed by atoms with E-state index in [4.69, 9.17) is 0 Å². The minimum absolute atomic E-state index is 0.130. The summed E-state index contributed by atoms with van der Waals surface area (Å²) in [5.74, 6) is 0. The maximum atomic E-state index is 11.9. The predicted octanol–water partition coefficient (Wildman–Crippen LogP) is 1.78. The van der Waals surface area contributed by atoms with Crippen molar-refractivity contribution < 1.29 is 4.79 Å². The van der Waals surface area contributed by atoms with Gasteiger partial charge in [-0.1, -0.05) is 6.92 Å². The lowest BCUT2D eigenvalue weighted by Crippen LogP contribution is -2.45. The van der Waals surface area contributed by atoms with Crippen LogP contribution in [0.15, 0.2) is 11.1 Å². The zero-order chi connectivity index (χ0) is 13.5. The molecule has 0 bridgehead atoms. The fourth-order valence-corrected chi connectivity index (χ4v) is 2.65. The second kappa shape index (κ2) is 4.57. The van der Waals surface area contributed by atoms with Crippen LogP contribution in [-0.4, -0.2) is 66.5 Å². The molecule has 18 heavy (non-hydrogen) atoms. The van der Waals surface area contributed by atoms with Crippen LogP contribution < -0.4 is 0 Å². The fourth-order valence-electron chi connectivity index (χ4n) is 2.65. The monoisotopic (exact) mass is 251 g/mol. The summed E-state index contributed by atoms with van der Waals surface area (Å²) in [6.45, 7) is 10.6. The molecule has 0 atom stereocenters. The Kier molecular flexibility index (Phi) is 3.41. The van der Waals surface area contributed by atoms with E-state index in [0.29, 0.717) is 0 Å². The number of rotatable bonds is 2. The smallest absolute Gasteiger partial charge is 0.320 e. The van der Waals surface area contributed by atoms with E-state index in [2.05, 4.69) is 25.7 Å². The summed E-state index contributed by atoms with van der Waals surface area (Å²) in [7, 11) is 3.64. The van der Waals surface area contributed by atoms with Crippen molar-refractivity contribution in [2.45, 2.75) is 32.7 Å². The highest BCUT2D eigenvalue weighted by Gasteiger charge is 2.37. The molecule has 0 aliphatic carbocycles. The Bertz CT molecular complexity index is 367. The largest absolute Gasteiger partial charge is 0.331 e. The fraction of sp³-hybridized carbons (Fsp3) is 0.786. The number of hydrogen-bond donors (Lipinski definition) is 0. The van der Waals surface area contributed by atoms with Crippen LogP contribution in [0.25, 0.3) is 0 Å². The highest BCUT2D eigenvalue weighted by molar-refractivity contribution is 5.75. The third kappa shape index (κ3) is 2.26. The highest BCUT2D eigenvalue weighted by Crippen LogP contribution is 2.31. The molecule has 0 fully saturated rings. The van der Waals surface area contributed by atoms with Crippen LogP contribution >= 0.6 is 0 Å². The Balaban J connectivity index is 1.96. The molecule has 0 aromatic rings. The number of amides is 2. The standard InChI is InChI=1S/C14H25N3O/c1-6-14(2,3)17-9-11-7-16(8-12(11)10-17)13(18)15(4)5/h6-10H2,1-5H3. The molecule has 4 heteroatoms. The molecular formula is C14H25N3O. The van der Waals surface area contributed by atoms with E-state index in [1.807, 2.05) is 19.0 Å². The van der Waals surface area contributed by atoms with Crippen molar-refractivity contribution >= 4 is 6.03 Å². The van der Waals surface area contributed by atoms with Crippen molar-refractivity contribution in [1.29, 1.82) is 0 Å². The molecule has 0 unspecified atom stereocenters. The zero-order valence-corrected chi connectivity index (χ0v) is 12.3. The molecule has 2 aliphatic rings. The van der Waals surface area contributed by atoms with E-state index in [1.54, 1.807) is 4.90 Å². The Morgan fingerprint density at radius 3 is 2.06 bits per heavy atom. The van der Waals surface area contributed by atoms with Gasteiger partial charge in [0, 0.05) is 45.8 Å². The van der Waals surface area contributed by atoms with Crippen molar-refractivity contribution in [3.05, 3.63) is 11.1 Å². The van der Waals surface area contributed by atoms with Crippen LogP contribution in [0.2, 0.25) is 0 Å². The first-order valence-corrected chi connectivity index (χ1v) is 6.76. The molecule has 102 valence electrons. The van der Waals surface area contributed by atoms with Gasteiger partial charge in [-0.15, -0.1) is 0 Å². The lowest BCUT2D eigenvalue weighted by atomic mass is 9.99. The summed E-state index contributed by atoms with van der Waals surface area (Å²) in [6.07, 6.45) is 1.16. The van der Waals surface area contributed by atoms with Gasteiger partial charge in [0.05, 0.1) is 0 Å². The molecule has 2 amide bonds. The van der Waals surface area contributed by atoms with Crippen molar-refractivity contribution in [1.82, 2.24) is 14.7 Å². The van der Waals surface area contributed by atoms with E-state index >= 15 is 0 Å². The average Bonchev–Trinajstić information content (AvgIpc) is 2.85. The molecule has 0 aromatic heterocycles. The normalized spacial score (nSPS) is 20.6. The van der Waals surface area contributed by atoms with E-state index in [9.17, 15) is 4.79 Å². The van der Waals surface area contributed by atoms with Gasteiger partial charge < -0.3 is 9.80 Å². The SMILES string of the molecule is CCC(C)(C)N1CC2=C(CN(C(=O)N(C)C)C2)C1. The maximum absolute atomic E-state index is 11.9. The van der Waals surface area contributed by atoms with Crippen LogP contribution in [0.1, 0.15) is 27.2 Å². The van der Waals surface area contributed by atoms with Crippen LogP contribution in [0.4, 0.5) is 4.79 Å². The van der Waals surface area contributed by atoms with E-state index in [1.165, 1.54) is 11.1 Å². The lowest BCUT2D eigenvalue weighted by molar-refractivity contribution is 0.143. The molecule has 0 aromatic carbocycles. The van der Waals surface area contributed by atoms with Crippen LogP contribution in [0.5, 0.6) is 0 Å². The molecule has 0 spiro atoms. The Morgan fingerprint density at radius 1 is 1.17 bits per heavy atom. The summed E-state index contributed by atoms with van der Waals surface area (Å²) in [5.41, 5.74) is 3.19. The van der Waals surface area contributed by atoms with Crippen molar-refractivity contribution in [3.63, 3.8) is 0 Å². The minimum atomic E-state index is 0.130. The molecule has 2 rings (SSSR count). The Labute approximate surface area is 110 Å². The van der Waals surface area contributed by atoms with Crippen LogP contribution in [0, 0.1) is 0 Å². The summed E-state index contributed by atoms with van der Waals surface area (Å²) in [5, 5.41) is 0. The molecule has 4 nitrogen and oxygen atoms in total. The summed E-state index contributed by atoms with van der Waals surface area (Å²) >= 11 is 0. The van der Waals surface area contributed by atoms with Crippen LogP contribution in [0.3, 0.4) is 0 Å². The van der Waals surface area contributed by atoms with Gasteiger partial charge in [-0.25, -0.2) is 4.79 Å². The minimum Gasteiger partial charge on any atom is -0.331 e. The number of nitrogens with zero attached hydrogens (tertiary/aromatic N) is 3. The molecule has 0 saturated carbocycles. The van der Waals surface area contributed by atoms with Gasteiger partial charge in [0.15, 0.2) is 0 Å². The number of hydrogen-bond acceptors (Lipinski definition) is 2. The molecular weight excluding hydrogens is 226 g/mol. The lowest BCUT2D eigenvalue weighted by Gasteiger charge is -2.36. The third-order valence-corrected chi connectivity index (χ3v) is 4.40. The van der Waals surface area contributed by atoms with Gasteiger partial charge in [0.25, 0.3) is 0 Å². The Hall–Kier alpha value is -1.03. The molecule has 2 heterocycles. The van der Waals surface area contributed by atoms with E-state index < -0.39 is 0 Å². The molecule has 0 N–H and O–H groups in total. The van der Waals surface area contributed by atoms with Crippen LogP contribution in [-0.2, 0) is 0 Å². The molecule has 2 aliphatic heterocycles. The van der Waals surface area contributed by atoms with Crippen molar-refractivity contribution in [3.8, 4) is 0 Å². The van der Waals surface area contributed by atoms with E-state index in [-0.39, 0.29) is 11.6 Å². The average molecular weight is 251 g/mol. The third-order valence-electron chi connectivity index (χ3n) is 4.40. The zero-order valence-electron chi connectivity index (χ0n) is 12.3. The van der Waals surface area contributed by atoms with Gasteiger partial charge in [-0.3, -0.25) is 4.90 Å². The van der Waals surface area contributed by atoms with E-state index in [0.717, 1.165) is 32.6 Å². The summed E-state index contributed by atoms with van der Waals surface area (Å²) < 4.78 is 0. The second-order valence-electron chi connectivity index (χ2n) is 6.26.